The lowest BCUT2D eigenvalue weighted by Gasteiger charge is -2.42. The molecule has 0 aromatic heterocycles. The van der Waals surface area contributed by atoms with Gasteiger partial charge in [-0.25, -0.2) is 0 Å². The molecule has 4 heteroatoms. The van der Waals surface area contributed by atoms with Crippen molar-refractivity contribution in [3.8, 4) is 0 Å². The van der Waals surface area contributed by atoms with Gasteiger partial charge in [-0.2, -0.15) is 0 Å². The van der Waals surface area contributed by atoms with Crippen LogP contribution >= 0.6 is 11.6 Å². The molecular weight excluding hydrogens is 202 g/mol. The summed E-state index contributed by atoms with van der Waals surface area (Å²) in [4.78, 5) is 13.2. The molecule has 1 N–H and O–H groups in total. The molecule has 1 amide bonds. The molecule has 0 aromatic rings. The van der Waals surface area contributed by atoms with Crippen molar-refractivity contribution in [2.24, 2.45) is 11.3 Å². The van der Waals surface area contributed by atoms with E-state index in [1.807, 2.05) is 4.90 Å². The van der Waals surface area contributed by atoms with Gasteiger partial charge in [-0.3, -0.25) is 4.79 Å². The lowest BCUT2D eigenvalue weighted by Crippen LogP contribution is -2.39. The third kappa shape index (κ3) is 1.43. The van der Waals surface area contributed by atoms with Crippen LogP contribution in [0.25, 0.3) is 0 Å². The molecule has 1 saturated heterocycles. The highest BCUT2D eigenvalue weighted by Gasteiger charge is 2.50. The van der Waals surface area contributed by atoms with E-state index in [1.54, 1.807) is 0 Å². The predicted molar refractivity (Wildman–Crippen MR) is 54.2 cm³/mol. The first-order chi connectivity index (χ1) is 6.72. The van der Waals surface area contributed by atoms with Gasteiger partial charge < -0.3 is 10.0 Å². The van der Waals surface area contributed by atoms with E-state index < -0.39 is 0 Å². The van der Waals surface area contributed by atoms with Crippen molar-refractivity contribution in [3.63, 3.8) is 0 Å². The lowest BCUT2D eigenvalue weighted by molar-refractivity contribution is -0.128. The molecule has 1 atom stereocenters. The first-order valence-corrected chi connectivity index (χ1v) is 5.70. The molecule has 80 valence electrons. The van der Waals surface area contributed by atoms with Crippen LogP contribution in [-0.4, -0.2) is 41.5 Å². The first kappa shape index (κ1) is 10.2. The second-order valence-electron chi connectivity index (χ2n) is 4.50. The number of rotatable bonds is 2. The standard InChI is InChI=1S/C10H16ClNO2/c11-4-9(14)12-5-8(6-13)10(7-12)2-1-3-10/h8,13H,1-7H2/t8-/m0/s1. The monoisotopic (exact) mass is 217 g/mol. The number of nitrogens with zero attached hydrogens (tertiary/aromatic N) is 1. The van der Waals surface area contributed by atoms with Gasteiger partial charge in [0.1, 0.15) is 5.88 Å². The van der Waals surface area contributed by atoms with Crippen LogP contribution in [0.4, 0.5) is 0 Å². The topological polar surface area (TPSA) is 40.5 Å². The van der Waals surface area contributed by atoms with Crippen molar-refractivity contribution in [1.29, 1.82) is 0 Å². The summed E-state index contributed by atoms with van der Waals surface area (Å²) in [6, 6.07) is 0. The zero-order valence-corrected chi connectivity index (χ0v) is 8.96. The van der Waals surface area contributed by atoms with Crippen LogP contribution in [0.15, 0.2) is 0 Å². The van der Waals surface area contributed by atoms with Crippen molar-refractivity contribution >= 4 is 17.5 Å². The summed E-state index contributed by atoms with van der Waals surface area (Å²) < 4.78 is 0. The Morgan fingerprint density at radius 3 is 2.64 bits per heavy atom. The number of halogens is 1. The van der Waals surface area contributed by atoms with E-state index in [0.29, 0.717) is 6.54 Å². The first-order valence-electron chi connectivity index (χ1n) is 5.16. The Morgan fingerprint density at radius 1 is 1.57 bits per heavy atom. The molecule has 0 bridgehead atoms. The highest BCUT2D eigenvalue weighted by Crippen LogP contribution is 2.51. The van der Waals surface area contributed by atoms with Crippen LogP contribution in [0, 0.1) is 11.3 Å². The summed E-state index contributed by atoms with van der Waals surface area (Å²) in [5.41, 5.74) is 0.233. The highest BCUT2D eigenvalue weighted by atomic mass is 35.5. The van der Waals surface area contributed by atoms with Crippen molar-refractivity contribution in [2.75, 3.05) is 25.6 Å². The van der Waals surface area contributed by atoms with Gasteiger partial charge in [0.2, 0.25) is 5.91 Å². The minimum Gasteiger partial charge on any atom is -0.396 e. The Labute approximate surface area is 89.0 Å². The minimum absolute atomic E-state index is 0.00823. The van der Waals surface area contributed by atoms with Crippen LogP contribution in [0.1, 0.15) is 19.3 Å². The summed E-state index contributed by atoms with van der Waals surface area (Å²) in [6.45, 7) is 1.71. The molecule has 0 aromatic carbocycles. The third-order valence-corrected chi connectivity index (χ3v) is 4.08. The van der Waals surface area contributed by atoms with Gasteiger partial charge >= 0.3 is 0 Å². The molecule has 1 aliphatic heterocycles. The number of aliphatic hydroxyl groups is 1. The number of alkyl halides is 1. The predicted octanol–water partition coefficient (Wildman–Crippen LogP) is 0.846. The number of hydrogen-bond acceptors (Lipinski definition) is 2. The summed E-state index contributed by atoms with van der Waals surface area (Å²) in [6.07, 6.45) is 3.55. The van der Waals surface area contributed by atoms with Gasteiger partial charge in [0.25, 0.3) is 0 Å². The SMILES string of the molecule is O=C(CCl)N1C[C@@H](CO)C2(CCC2)C1. The van der Waals surface area contributed by atoms with E-state index in [9.17, 15) is 9.90 Å². The number of carbonyl (C=O) groups excluding carboxylic acids is 1. The van der Waals surface area contributed by atoms with Gasteiger partial charge in [0.05, 0.1) is 0 Å². The van der Waals surface area contributed by atoms with Crippen LogP contribution < -0.4 is 0 Å². The molecule has 2 aliphatic rings. The van der Waals surface area contributed by atoms with E-state index in [4.69, 9.17) is 11.6 Å². The van der Waals surface area contributed by atoms with E-state index in [1.165, 1.54) is 6.42 Å². The van der Waals surface area contributed by atoms with Gasteiger partial charge in [0, 0.05) is 25.6 Å². The number of amides is 1. The fourth-order valence-electron chi connectivity index (χ4n) is 2.76. The molecule has 2 fully saturated rings. The Bertz CT molecular complexity index is 240. The summed E-state index contributed by atoms with van der Waals surface area (Å²) in [5, 5.41) is 9.27. The molecule has 1 spiro atoms. The zero-order chi connectivity index (χ0) is 10.2. The molecule has 0 unspecified atom stereocenters. The van der Waals surface area contributed by atoms with E-state index in [-0.39, 0.29) is 29.7 Å². The Balaban J connectivity index is 2.04. The third-order valence-electron chi connectivity index (χ3n) is 3.85. The minimum atomic E-state index is 0.00823. The molecule has 1 saturated carbocycles. The molecule has 1 aliphatic carbocycles. The van der Waals surface area contributed by atoms with Crippen molar-refractivity contribution in [3.05, 3.63) is 0 Å². The average molecular weight is 218 g/mol. The van der Waals surface area contributed by atoms with Gasteiger partial charge in [0.15, 0.2) is 0 Å². The maximum absolute atomic E-state index is 11.4. The molecule has 2 rings (SSSR count). The number of likely N-dealkylation sites (tertiary alicyclic amines) is 1. The summed E-state index contributed by atoms with van der Waals surface area (Å²) in [7, 11) is 0. The molecule has 3 nitrogen and oxygen atoms in total. The van der Waals surface area contributed by atoms with Gasteiger partial charge in [-0.1, -0.05) is 6.42 Å². The Morgan fingerprint density at radius 2 is 2.29 bits per heavy atom. The van der Waals surface area contributed by atoms with Crippen LogP contribution in [0.3, 0.4) is 0 Å². The number of hydrogen-bond donors (Lipinski definition) is 1. The van der Waals surface area contributed by atoms with Crippen molar-refractivity contribution in [2.45, 2.75) is 19.3 Å². The van der Waals surface area contributed by atoms with Crippen molar-refractivity contribution in [1.82, 2.24) is 4.90 Å². The Kier molecular flexibility index (Phi) is 2.71. The average Bonchev–Trinajstić information content (AvgIpc) is 2.55. The van der Waals surface area contributed by atoms with E-state index in [2.05, 4.69) is 0 Å². The fraction of sp³-hybridized carbons (Fsp3) is 0.900. The quantitative estimate of drug-likeness (QED) is 0.697. The smallest absolute Gasteiger partial charge is 0.237 e. The van der Waals surface area contributed by atoms with Crippen LogP contribution in [-0.2, 0) is 4.79 Å². The number of carbonyl (C=O) groups is 1. The second kappa shape index (κ2) is 3.70. The molecular formula is C10H16ClNO2. The van der Waals surface area contributed by atoms with Crippen LogP contribution in [0.5, 0.6) is 0 Å². The molecule has 1 heterocycles. The molecule has 14 heavy (non-hydrogen) atoms. The summed E-state index contributed by atoms with van der Waals surface area (Å²) >= 11 is 5.52. The van der Waals surface area contributed by atoms with Crippen molar-refractivity contribution < 1.29 is 9.90 Å². The van der Waals surface area contributed by atoms with Crippen LogP contribution in [0.2, 0.25) is 0 Å². The van der Waals surface area contributed by atoms with Gasteiger partial charge in [-0.15, -0.1) is 11.6 Å². The maximum Gasteiger partial charge on any atom is 0.237 e. The second-order valence-corrected chi connectivity index (χ2v) is 4.77. The zero-order valence-electron chi connectivity index (χ0n) is 8.21. The highest BCUT2D eigenvalue weighted by molar-refractivity contribution is 6.27. The lowest BCUT2D eigenvalue weighted by atomic mass is 9.63. The van der Waals surface area contributed by atoms with E-state index >= 15 is 0 Å². The normalized spacial score (nSPS) is 29.3. The van der Waals surface area contributed by atoms with Gasteiger partial charge in [-0.05, 0) is 18.3 Å². The number of aliphatic hydroxyl groups excluding tert-OH is 1. The fourth-order valence-corrected chi connectivity index (χ4v) is 2.93. The maximum atomic E-state index is 11.4. The van der Waals surface area contributed by atoms with E-state index in [0.717, 1.165) is 19.4 Å². The Hall–Kier alpha value is -0.280. The largest absolute Gasteiger partial charge is 0.396 e. The summed E-state index contributed by atoms with van der Waals surface area (Å²) in [5.74, 6) is 0.353. The molecule has 0 radical (unpaired) electrons.